The molecule has 0 radical (unpaired) electrons. The summed E-state index contributed by atoms with van der Waals surface area (Å²) in [6.45, 7) is 4.15. The van der Waals surface area contributed by atoms with Gasteiger partial charge in [-0.25, -0.2) is 0 Å². The van der Waals surface area contributed by atoms with Gasteiger partial charge in [-0.2, -0.15) is 0 Å². The maximum atomic E-state index is 6.38. The van der Waals surface area contributed by atoms with Crippen LogP contribution in [-0.2, 0) is 0 Å². The van der Waals surface area contributed by atoms with Crippen molar-refractivity contribution in [2.24, 2.45) is 0 Å². The summed E-state index contributed by atoms with van der Waals surface area (Å²) in [5, 5.41) is 4.87. The lowest BCUT2D eigenvalue weighted by Crippen LogP contribution is -2.33. The molecule has 0 aromatic heterocycles. The van der Waals surface area contributed by atoms with Gasteiger partial charge in [0.25, 0.3) is 0 Å². The third kappa shape index (κ3) is 4.59. The van der Waals surface area contributed by atoms with Gasteiger partial charge in [0.2, 0.25) is 0 Å². The summed E-state index contributed by atoms with van der Waals surface area (Å²) in [6.07, 6.45) is 6.51. The van der Waals surface area contributed by atoms with E-state index in [1.54, 1.807) is 0 Å². The number of hydrogen-bond acceptors (Lipinski definition) is 2. The number of nitrogens with one attached hydrogen (secondary N) is 1. The number of nitrogens with zero attached hydrogens (tertiary/aromatic N) is 1. The van der Waals surface area contributed by atoms with E-state index in [0.29, 0.717) is 10.0 Å². The van der Waals surface area contributed by atoms with Gasteiger partial charge in [-0.1, -0.05) is 55.1 Å². The van der Waals surface area contributed by atoms with Crippen LogP contribution in [0.4, 0.5) is 0 Å². The second-order valence-electron chi connectivity index (χ2n) is 5.96. The van der Waals surface area contributed by atoms with E-state index in [0.717, 1.165) is 31.1 Å². The molecular formula is C17H26Cl2N2. The fourth-order valence-electron chi connectivity index (χ4n) is 3.26. The van der Waals surface area contributed by atoms with Crippen LogP contribution in [0.15, 0.2) is 18.2 Å². The fraction of sp³-hybridized carbons (Fsp3) is 0.647. The molecule has 1 aliphatic rings. The van der Waals surface area contributed by atoms with Gasteiger partial charge in [-0.15, -0.1) is 0 Å². The van der Waals surface area contributed by atoms with Crippen molar-refractivity contribution in [3.63, 3.8) is 0 Å². The summed E-state index contributed by atoms with van der Waals surface area (Å²) in [7, 11) is 2.25. The third-order valence-corrected chi connectivity index (χ3v) is 5.36. The summed E-state index contributed by atoms with van der Waals surface area (Å²) < 4.78 is 0. The molecule has 1 aliphatic carbocycles. The highest BCUT2D eigenvalue weighted by Gasteiger charge is 2.21. The third-order valence-electron chi connectivity index (χ3n) is 4.53. The topological polar surface area (TPSA) is 15.3 Å². The van der Waals surface area contributed by atoms with Crippen molar-refractivity contribution in [2.75, 3.05) is 20.1 Å². The van der Waals surface area contributed by atoms with Crippen molar-refractivity contribution < 1.29 is 0 Å². The molecule has 0 saturated heterocycles. The lowest BCUT2D eigenvalue weighted by molar-refractivity contribution is 0.232. The first-order valence-electron chi connectivity index (χ1n) is 8.01. The van der Waals surface area contributed by atoms with Crippen LogP contribution < -0.4 is 5.32 Å². The summed E-state index contributed by atoms with van der Waals surface area (Å²) in [5.74, 6) is 0. The molecule has 2 rings (SSSR count). The fourth-order valence-corrected chi connectivity index (χ4v) is 3.70. The molecule has 1 saturated carbocycles. The Hall–Kier alpha value is -0.280. The molecule has 1 aromatic rings. The number of rotatable bonds is 7. The summed E-state index contributed by atoms with van der Waals surface area (Å²) in [5.41, 5.74) is 1.12. The second-order valence-corrected chi connectivity index (χ2v) is 6.75. The van der Waals surface area contributed by atoms with E-state index in [-0.39, 0.29) is 6.04 Å². The van der Waals surface area contributed by atoms with Crippen molar-refractivity contribution in [1.29, 1.82) is 0 Å². The van der Waals surface area contributed by atoms with Gasteiger partial charge in [0.05, 0.1) is 10.0 Å². The molecule has 1 aromatic carbocycles. The zero-order valence-corrected chi connectivity index (χ0v) is 14.6. The Labute approximate surface area is 138 Å². The maximum Gasteiger partial charge on any atom is 0.0640 e. The van der Waals surface area contributed by atoms with Gasteiger partial charge >= 0.3 is 0 Å². The molecule has 1 N–H and O–H groups in total. The molecule has 0 aliphatic heterocycles. The smallest absolute Gasteiger partial charge is 0.0640 e. The minimum Gasteiger partial charge on any atom is -0.310 e. The molecule has 1 fully saturated rings. The molecule has 2 nitrogen and oxygen atoms in total. The van der Waals surface area contributed by atoms with Gasteiger partial charge in [-0.3, -0.25) is 0 Å². The Morgan fingerprint density at radius 3 is 2.67 bits per heavy atom. The zero-order chi connectivity index (χ0) is 15.2. The number of hydrogen-bond donors (Lipinski definition) is 1. The minimum absolute atomic E-state index is 0.269. The van der Waals surface area contributed by atoms with E-state index in [4.69, 9.17) is 23.2 Å². The van der Waals surface area contributed by atoms with Crippen LogP contribution in [0, 0.1) is 0 Å². The van der Waals surface area contributed by atoms with Crippen LogP contribution in [0.25, 0.3) is 0 Å². The van der Waals surface area contributed by atoms with Crippen LogP contribution in [0.2, 0.25) is 10.0 Å². The SMILES string of the molecule is CCNC(CCN(C)C1CCCC1)c1cccc(Cl)c1Cl. The van der Waals surface area contributed by atoms with Crippen molar-refractivity contribution in [1.82, 2.24) is 10.2 Å². The predicted octanol–water partition coefficient (Wildman–Crippen LogP) is 4.91. The van der Waals surface area contributed by atoms with Crippen molar-refractivity contribution in [3.05, 3.63) is 33.8 Å². The van der Waals surface area contributed by atoms with Crippen molar-refractivity contribution >= 4 is 23.2 Å². The first-order valence-corrected chi connectivity index (χ1v) is 8.76. The minimum atomic E-state index is 0.269. The Morgan fingerprint density at radius 1 is 1.29 bits per heavy atom. The van der Waals surface area contributed by atoms with Gasteiger partial charge < -0.3 is 10.2 Å². The van der Waals surface area contributed by atoms with E-state index < -0.39 is 0 Å². The summed E-state index contributed by atoms with van der Waals surface area (Å²) in [6, 6.07) is 6.94. The standard InChI is InChI=1S/C17H26Cl2N2/c1-3-20-16(14-9-6-10-15(18)17(14)19)11-12-21(2)13-7-4-5-8-13/h6,9-10,13,16,20H,3-5,7-8,11-12H2,1-2H3. The molecule has 21 heavy (non-hydrogen) atoms. The van der Waals surface area contributed by atoms with E-state index in [9.17, 15) is 0 Å². The largest absolute Gasteiger partial charge is 0.310 e. The second kappa shape index (κ2) is 8.38. The van der Waals surface area contributed by atoms with Crippen LogP contribution in [-0.4, -0.2) is 31.1 Å². The molecular weight excluding hydrogens is 303 g/mol. The highest BCUT2D eigenvalue weighted by Crippen LogP contribution is 2.32. The van der Waals surface area contributed by atoms with Gasteiger partial charge in [0, 0.05) is 12.1 Å². The highest BCUT2D eigenvalue weighted by molar-refractivity contribution is 6.42. The van der Waals surface area contributed by atoms with Gasteiger partial charge in [-0.05, 0) is 51.0 Å². The van der Waals surface area contributed by atoms with Crippen LogP contribution in [0.5, 0.6) is 0 Å². The first kappa shape index (κ1) is 17.1. The quantitative estimate of drug-likeness (QED) is 0.765. The van der Waals surface area contributed by atoms with Crippen molar-refractivity contribution in [3.8, 4) is 0 Å². The monoisotopic (exact) mass is 328 g/mol. The summed E-state index contributed by atoms with van der Waals surface area (Å²) in [4.78, 5) is 2.51. The first-order chi connectivity index (χ1) is 10.1. The average Bonchev–Trinajstić information content (AvgIpc) is 3.00. The summed E-state index contributed by atoms with van der Waals surface area (Å²) >= 11 is 12.5. The predicted molar refractivity (Wildman–Crippen MR) is 92.4 cm³/mol. The van der Waals surface area contributed by atoms with Crippen LogP contribution in [0.1, 0.15) is 50.6 Å². The van der Waals surface area contributed by atoms with Crippen LogP contribution >= 0.6 is 23.2 Å². The molecule has 1 atom stereocenters. The highest BCUT2D eigenvalue weighted by atomic mass is 35.5. The molecule has 4 heteroatoms. The Morgan fingerprint density at radius 2 is 2.00 bits per heavy atom. The molecule has 0 bridgehead atoms. The van der Waals surface area contributed by atoms with E-state index >= 15 is 0 Å². The number of halogens is 2. The number of benzene rings is 1. The van der Waals surface area contributed by atoms with E-state index in [1.807, 2.05) is 12.1 Å². The Kier molecular flexibility index (Phi) is 6.81. The lowest BCUT2D eigenvalue weighted by Gasteiger charge is -2.27. The molecule has 0 spiro atoms. The van der Waals surface area contributed by atoms with E-state index in [1.165, 1.54) is 25.7 Å². The Bertz CT molecular complexity index is 444. The Balaban J connectivity index is 1.99. The molecule has 0 amide bonds. The molecule has 0 heterocycles. The van der Waals surface area contributed by atoms with E-state index in [2.05, 4.69) is 30.3 Å². The average molecular weight is 329 g/mol. The maximum absolute atomic E-state index is 6.38. The van der Waals surface area contributed by atoms with Crippen molar-refractivity contribution in [2.45, 2.75) is 51.1 Å². The normalized spacial score (nSPS) is 17.6. The van der Waals surface area contributed by atoms with Gasteiger partial charge in [0.1, 0.15) is 0 Å². The van der Waals surface area contributed by atoms with Gasteiger partial charge in [0.15, 0.2) is 0 Å². The zero-order valence-electron chi connectivity index (χ0n) is 13.0. The molecule has 1 unspecified atom stereocenters. The van der Waals surface area contributed by atoms with Crippen LogP contribution in [0.3, 0.4) is 0 Å². The lowest BCUT2D eigenvalue weighted by atomic mass is 10.0. The molecule has 118 valence electrons.